The molecular weight excluding hydrogens is 366 g/mol. The van der Waals surface area contributed by atoms with E-state index < -0.39 is 0 Å². The third-order valence-corrected chi connectivity index (χ3v) is 6.14. The van der Waals surface area contributed by atoms with E-state index in [0.29, 0.717) is 0 Å². The second kappa shape index (κ2) is 8.17. The zero-order valence-corrected chi connectivity index (χ0v) is 17.1. The summed E-state index contributed by atoms with van der Waals surface area (Å²) in [5.74, 6) is -0.0575. The molecule has 1 aliphatic rings. The van der Waals surface area contributed by atoms with Gasteiger partial charge in [-0.2, -0.15) is 0 Å². The van der Waals surface area contributed by atoms with Gasteiger partial charge in [0.15, 0.2) is 0 Å². The summed E-state index contributed by atoms with van der Waals surface area (Å²) in [4.78, 5) is 18.3. The molecule has 144 valence electrons. The standard InChI is InChI=1S/C23H25N3OS/c1-17-3-5-18(6-4-17)21-11-16-28-22(21)23(27)24-19-7-9-20(10-8-19)26-14-12-25(2)13-15-26/h3-11,16H,12-15H2,1-2H3,(H,24,27). The number of nitrogens with one attached hydrogen (secondary N) is 1. The van der Waals surface area contributed by atoms with E-state index in [2.05, 4.69) is 65.5 Å². The van der Waals surface area contributed by atoms with E-state index in [9.17, 15) is 4.79 Å². The number of amides is 1. The van der Waals surface area contributed by atoms with Crippen molar-refractivity contribution < 1.29 is 4.79 Å². The van der Waals surface area contributed by atoms with Gasteiger partial charge in [-0.3, -0.25) is 4.79 Å². The number of carbonyl (C=O) groups excluding carboxylic acids is 1. The molecule has 0 unspecified atom stereocenters. The van der Waals surface area contributed by atoms with Gasteiger partial charge < -0.3 is 15.1 Å². The first-order valence-corrected chi connectivity index (χ1v) is 10.5. The Morgan fingerprint density at radius 2 is 1.61 bits per heavy atom. The second-order valence-corrected chi connectivity index (χ2v) is 8.24. The Balaban J connectivity index is 1.46. The van der Waals surface area contributed by atoms with Gasteiger partial charge in [-0.1, -0.05) is 29.8 Å². The van der Waals surface area contributed by atoms with Crippen LogP contribution in [0.3, 0.4) is 0 Å². The van der Waals surface area contributed by atoms with Gasteiger partial charge in [0.2, 0.25) is 0 Å². The molecule has 0 aliphatic carbocycles. The number of nitrogens with zero attached hydrogens (tertiary/aromatic N) is 2. The summed E-state index contributed by atoms with van der Waals surface area (Å²) >= 11 is 1.48. The minimum absolute atomic E-state index is 0.0575. The van der Waals surface area contributed by atoms with Crippen molar-refractivity contribution >= 4 is 28.6 Å². The maximum absolute atomic E-state index is 12.8. The van der Waals surface area contributed by atoms with Crippen LogP contribution >= 0.6 is 11.3 Å². The number of thiophene rings is 1. The Morgan fingerprint density at radius 1 is 0.929 bits per heavy atom. The van der Waals surface area contributed by atoms with E-state index in [4.69, 9.17) is 0 Å². The van der Waals surface area contributed by atoms with E-state index in [1.54, 1.807) is 0 Å². The Bertz CT molecular complexity index is 939. The SMILES string of the molecule is Cc1ccc(-c2ccsc2C(=O)Nc2ccc(N3CCN(C)CC3)cc2)cc1. The summed E-state index contributed by atoms with van der Waals surface area (Å²) in [7, 11) is 2.16. The van der Waals surface area contributed by atoms with Crippen molar-refractivity contribution in [3.8, 4) is 11.1 Å². The van der Waals surface area contributed by atoms with Crippen LogP contribution in [0.5, 0.6) is 0 Å². The zero-order chi connectivity index (χ0) is 19.5. The molecule has 0 saturated carbocycles. The number of hydrogen-bond acceptors (Lipinski definition) is 4. The summed E-state index contributed by atoms with van der Waals surface area (Å²) in [5.41, 5.74) is 5.30. The van der Waals surface area contributed by atoms with Gasteiger partial charge in [-0.05, 0) is 55.2 Å². The quantitative estimate of drug-likeness (QED) is 0.698. The first-order chi connectivity index (χ1) is 13.6. The highest BCUT2D eigenvalue weighted by Gasteiger charge is 2.16. The minimum atomic E-state index is -0.0575. The average molecular weight is 392 g/mol. The van der Waals surface area contributed by atoms with Gasteiger partial charge in [0.05, 0.1) is 4.88 Å². The molecule has 4 nitrogen and oxygen atoms in total. The van der Waals surface area contributed by atoms with Gasteiger partial charge in [0, 0.05) is 43.1 Å². The summed E-state index contributed by atoms with van der Waals surface area (Å²) in [5, 5.41) is 5.02. The summed E-state index contributed by atoms with van der Waals surface area (Å²) in [6.07, 6.45) is 0. The summed E-state index contributed by atoms with van der Waals surface area (Å²) in [6, 6.07) is 18.5. The fraction of sp³-hybridized carbons (Fsp3) is 0.261. The first kappa shape index (κ1) is 18.7. The van der Waals surface area contributed by atoms with E-state index in [-0.39, 0.29) is 5.91 Å². The van der Waals surface area contributed by atoms with Crippen molar-refractivity contribution in [1.82, 2.24) is 4.90 Å². The third-order valence-electron chi connectivity index (χ3n) is 5.23. The second-order valence-electron chi connectivity index (χ2n) is 7.32. The molecule has 1 fully saturated rings. The first-order valence-electron chi connectivity index (χ1n) is 9.59. The van der Waals surface area contributed by atoms with Crippen LogP contribution in [0, 0.1) is 6.92 Å². The van der Waals surface area contributed by atoms with Crippen LogP contribution in [-0.4, -0.2) is 44.0 Å². The molecule has 5 heteroatoms. The van der Waals surface area contributed by atoms with E-state index in [1.165, 1.54) is 22.6 Å². The Kier molecular flexibility index (Phi) is 5.46. The molecule has 0 bridgehead atoms. The smallest absolute Gasteiger partial charge is 0.266 e. The molecule has 1 aliphatic heterocycles. The molecule has 0 spiro atoms. The van der Waals surface area contributed by atoms with Crippen LogP contribution in [0.15, 0.2) is 60.0 Å². The lowest BCUT2D eigenvalue weighted by Gasteiger charge is -2.34. The highest BCUT2D eigenvalue weighted by atomic mass is 32.1. The number of piperazine rings is 1. The molecule has 3 aromatic rings. The number of carbonyl (C=O) groups is 1. The Hall–Kier alpha value is -2.63. The largest absolute Gasteiger partial charge is 0.369 e. The molecular formula is C23H25N3OS. The van der Waals surface area contributed by atoms with Crippen LogP contribution in [0.2, 0.25) is 0 Å². The highest BCUT2D eigenvalue weighted by Crippen LogP contribution is 2.29. The lowest BCUT2D eigenvalue weighted by atomic mass is 10.0. The topological polar surface area (TPSA) is 35.6 Å². The van der Waals surface area contributed by atoms with E-state index >= 15 is 0 Å². The highest BCUT2D eigenvalue weighted by molar-refractivity contribution is 7.12. The molecule has 1 amide bonds. The number of likely N-dealkylation sites (N-methyl/N-ethyl adjacent to an activating group) is 1. The lowest BCUT2D eigenvalue weighted by Crippen LogP contribution is -2.44. The summed E-state index contributed by atoms with van der Waals surface area (Å²) in [6.45, 7) is 6.31. The number of hydrogen-bond donors (Lipinski definition) is 1. The monoisotopic (exact) mass is 391 g/mol. The van der Waals surface area contributed by atoms with Gasteiger partial charge in [0.1, 0.15) is 0 Å². The van der Waals surface area contributed by atoms with Gasteiger partial charge in [0.25, 0.3) is 5.91 Å². The summed E-state index contributed by atoms with van der Waals surface area (Å²) < 4.78 is 0. The molecule has 1 saturated heterocycles. The number of rotatable bonds is 4. The average Bonchev–Trinajstić information content (AvgIpc) is 3.20. The third kappa shape index (κ3) is 4.11. The molecule has 2 heterocycles. The number of aryl methyl sites for hydroxylation is 1. The maximum Gasteiger partial charge on any atom is 0.266 e. The molecule has 2 aromatic carbocycles. The fourth-order valence-corrected chi connectivity index (χ4v) is 4.26. The van der Waals surface area contributed by atoms with Crippen molar-refractivity contribution in [3.63, 3.8) is 0 Å². The molecule has 1 aromatic heterocycles. The lowest BCUT2D eigenvalue weighted by molar-refractivity contribution is 0.103. The zero-order valence-electron chi connectivity index (χ0n) is 16.3. The van der Waals surface area contributed by atoms with Crippen molar-refractivity contribution in [2.75, 3.05) is 43.4 Å². The van der Waals surface area contributed by atoms with Crippen LogP contribution in [0.4, 0.5) is 11.4 Å². The van der Waals surface area contributed by atoms with Crippen LogP contribution < -0.4 is 10.2 Å². The van der Waals surface area contributed by atoms with Crippen molar-refractivity contribution in [1.29, 1.82) is 0 Å². The molecule has 1 N–H and O–H groups in total. The normalized spacial score (nSPS) is 14.9. The van der Waals surface area contributed by atoms with Crippen molar-refractivity contribution in [2.45, 2.75) is 6.92 Å². The van der Waals surface area contributed by atoms with Crippen LogP contribution in [-0.2, 0) is 0 Å². The number of benzene rings is 2. The predicted octanol–water partition coefficient (Wildman–Crippen LogP) is 4.73. The van der Waals surface area contributed by atoms with Gasteiger partial charge in [-0.15, -0.1) is 11.3 Å². The Morgan fingerprint density at radius 3 is 2.29 bits per heavy atom. The minimum Gasteiger partial charge on any atom is -0.369 e. The van der Waals surface area contributed by atoms with Gasteiger partial charge >= 0.3 is 0 Å². The Labute approximate surface area is 170 Å². The van der Waals surface area contributed by atoms with E-state index in [1.807, 2.05) is 23.6 Å². The maximum atomic E-state index is 12.8. The fourth-order valence-electron chi connectivity index (χ4n) is 3.45. The van der Waals surface area contributed by atoms with Crippen LogP contribution in [0.1, 0.15) is 15.2 Å². The van der Waals surface area contributed by atoms with Crippen molar-refractivity contribution in [2.24, 2.45) is 0 Å². The molecule has 0 radical (unpaired) electrons. The van der Waals surface area contributed by atoms with Crippen molar-refractivity contribution in [3.05, 3.63) is 70.4 Å². The molecule has 28 heavy (non-hydrogen) atoms. The molecule has 4 rings (SSSR count). The van der Waals surface area contributed by atoms with E-state index in [0.717, 1.165) is 47.9 Å². The predicted molar refractivity (Wildman–Crippen MR) is 119 cm³/mol. The van der Waals surface area contributed by atoms with Crippen LogP contribution in [0.25, 0.3) is 11.1 Å². The number of anilines is 2. The molecule has 0 atom stereocenters. The van der Waals surface area contributed by atoms with Gasteiger partial charge in [-0.25, -0.2) is 0 Å².